The zero-order valence-electron chi connectivity index (χ0n) is 10.8. The maximum atomic E-state index is 6.65. The lowest BCUT2D eigenvalue weighted by Gasteiger charge is -2.34. The number of nitrogens with two attached hydrogens (primary N) is 2. The highest BCUT2D eigenvalue weighted by molar-refractivity contribution is 7.20. The minimum atomic E-state index is -0.262. The Bertz CT molecular complexity index is 654. The first-order valence-electron chi connectivity index (χ1n) is 6.33. The molecule has 0 saturated heterocycles. The summed E-state index contributed by atoms with van der Waals surface area (Å²) in [5, 5.41) is 1.28. The van der Waals surface area contributed by atoms with Crippen molar-refractivity contribution in [3.05, 3.63) is 40.3 Å². The van der Waals surface area contributed by atoms with Crippen LogP contribution < -0.4 is 11.5 Å². The van der Waals surface area contributed by atoms with Gasteiger partial charge in [-0.1, -0.05) is 25.1 Å². The van der Waals surface area contributed by atoms with Gasteiger partial charge in [-0.05, 0) is 36.8 Å². The van der Waals surface area contributed by atoms with E-state index >= 15 is 0 Å². The molecule has 2 aromatic rings. The summed E-state index contributed by atoms with van der Waals surface area (Å²) in [4.78, 5) is 1.18. The molecule has 3 rings (SSSR count). The maximum absolute atomic E-state index is 6.65. The van der Waals surface area contributed by atoms with Gasteiger partial charge >= 0.3 is 0 Å². The van der Waals surface area contributed by atoms with Gasteiger partial charge in [-0.15, -0.1) is 11.3 Å². The van der Waals surface area contributed by atoms with Crippen LogP contribution in [-0.4, -0.2) is 0 Å². The molecule has 0 radical (unpaired) electrons. The second kappa shape index (κ2) is 3.84. The average Bonchev–Trinajstić information content (AvgIpc) is 2.76. The van der Waals surface area contributed by atoms with Gasteiger partial charge in [0.25, 0.3) is 0 Å². The Kier molecular flexibility index (Phi) is 2.50. The molecule has 1 unspecified atom stereocenters. The van der Waals surface area contributed by atoms with Crippen LogP contribution in [0.1, 0.15) is 37.1 Å². The van der Waals surface area contributed by atoms with Crippen molar-refractivity contribution in [1.82, 2.24) is 0 Å². The number of hydrogen-bond donors (Lipinski definition) is 2. The maximum Gasteiger partial charge on any atom is 0.0562 e. The highest BCUT2D eigenvalue weighted by atomic mass is 32.1. The first-order valence-corrected chi connectivity index (χ1v) is 7.15. The summed E-state index contributed by atoms with van der Waals surface area (Å²) in [6, 6.07) is 8.46. The third-order valence-corrected chi connectivity index (χ3v) is 5.21. The smallest absolute Gasteiger partial charge is 0.0562 e. The van der Waals surface area contributed by atoms with Gasteiger partial charge < -0.3 is 11.5 Å². The molecule has 2 nitrogen and oxygen atoms in total. The molecule has 1 heterocycles. The Morgan fingerprint density at radius 1 is 1.33 bits per heavy atom. The van der Waals surface area contributed by atoms with Gasteiger partial charge in [0, 0.05) is 21.5 Å². The Morgan fingerprint density at radius 2 is 2.06 bits per heavy atom. The zero-order chi connectivity index (χ0) is 12.9. The minimum absolute atomic E-state index is 0.262. The van der Waals surface area contributed by atoms with E-state index in [-0.39, 0.29) is 5.54 Å². The number of hydrogen-bond acceptors (Lipinski definition) is 3. The molecule has 1 atom stereocenters. The fourth-order valence-electron chi connectivity index (χ4n) is 2.88. The molecular formula is C15H18N2S. The minimum Gasteiger partial charge on any atom is -0.398 e. The number of benzene rings is 1. The molecule has 4 N–H and O–H groups in total. The molecule has 18 heavy (non-hydrogen) atoms. The first-order chi connectivity index (χ1) is 8.57. The monoisotopic (exact) mass is 258 g/mol. The third-order valence-electron chi connectivity index (χ3n) is 4.01. The van der Waals surface area contributed by atoms with E-state index < -0.39 is 0 Å². The summed E-state index contributed by atoms with van der Waals surface area (Å²) in [6.07, 6.45) is 1.80. The van der Waals surface area contributed by atoms with E-state index in [0.717, 1.165) is 18.5 Å². The summed E-state index contributed by atoms with van der Waals surface area (Å²) in [7, 11) is 0. The molecule has 0 bridgehead atoms. The lowest BCUT2D eigenvalue weighted by molar-refractivity contribution is 0.423. The van der Waals surface area contributed by atoms with Crippen molar-refractivity contribution < 1.29 is 0 Å². The van der Waals surface area contributed by atoms with Crippen molar-refractivity contribution >= 4 is 27.1 Å². The van der Waals surface area contributed by atoms with Gasteiger partial charge in [0.1, 0.15) is 0 Å². The van der Waals surface area contributed by atoms with Crippen molar-refractivity contribution in [2.45, 2.75) is 32.2 Å². The molecule has 94 valence electrons. The highest BCUT2D eigenvalue weighted by Gasteiger charge is 2.36. The molecule has 0 spiro atoms. The number of fused-ring (bicyclic) bond motifs is 3. The van der Waals surface area contributed by atoms with E-state index in [9.17, 15) is 0 Å². The summed E-state index contributed by atoms with van der Waals surface area (Å²) in [6.45, 7) is 4.25. The molecule has 0 fully saturated rings. The molecule has 1 aromatic carbocycles. The van der Waals surface area contributed by atoms with Crippen LogP contribution >= 0.6 is 11.3 Å². The van der Waals surface area contributed by atoms with Gasteiger partial charge in [-0.2, -0.15) is 0 Å². The fraction of sp³-hybridized carbons (Fsp3) is 0.333. The molecular weight excluding hydrogens is 240 g/mol. The van der Waals surface area contributed by atoms with E-state index in [1.54, 1.807) is 11.3 Å². The van der Waals surface area contributed by atoms with Crippen molar-refractivity contribution in [2.75, 3.05) is 0 Å². The van der Waals surface area contributed by atoms with Crippen LogP contribution in [0.15, 0.2) is 29.8 Å². The third kappa shape index (κ3) is 1.44. The average molecular weight is 258 g/mol. The highest BCUT2D eigenvalue weighted by Crippen LogP contribution is 2.47. The van der Waals surface area contributed by atoms with E-state index in [1.807, 2.05) is 0 Å². The molecule has 0 aliphatic heterocycles. The van der Waals surface area contributed by atoms with Crippen LogP contribution in [0.2, 0.25) is 0 Å². The molecule has 3 heteroatoms. The molecule has 0 saturated carbocycles. The van der Waals surface area contributed by atoms with Gasteiger partial charge in [0.15, 0.2) is 0 Å². The van der Waals surface area contributed by atoms with Crippen molar-refractivity contribution in [2.24, 2.45) is 11.5 Å². The second-order valence-electron chi connectivity index (χ2n) is 5.18. The Morgan fingerprint density at radius 3 is 2.78 bits per heavy atom. The van der Waals surface area contributed by atoms with Crippen LogP contribution in [0.5, 0.6) is 0 Å². The van der Waals surface area contributed by atoms with E-state index in [1.165, 1.54) is 26.1 Å². The lowest BCUT2D eigenvalue weighted by Crippen LogP contribution is -2.39. The topological polar surface area (TPSA) is 52.0 Å². The zero-order valence-corrected chi connectivity index (χ0v) is 11.6. The van der Waals surface area contributed by atoms with Gasteiger partial charge in [-0.3, -0.25) is 0 Å². The first kappa shape index (κ1) is 11.8. The van der Waals surface area contributed by atoms with Gasteiger partial charge in [0.2, 0.25) is 0 Å². The molecule has 1 aliphatic carbocycles. The second-order valence-corrected chi connectivity index (χ2v) is 6.24. The van der Waals surface area contributed by atoms with Gasteiger partial charge in [0.05, 0.1) is 4.88 Å². The molecule has 1 aromatic heterocycles. The number of thiophene rings is 1. The number of rotatable bonds is 1. The SMILES string of the molecule is CCC1(N)CC(C)=C(N)c2sc3ccccc3c21. The van der Waals surface area contributed by atoms with Crippen molar-refractivity contribution in [3.63, 3.8) is 0 Å². The van der Waals surface area contributed by atoms with Crippen molar-refractivity contribution in [1.29, 1.82) is 0 Å². The summed E-state index contributed by atoms with van der Waals surface area (Å²) >= 11 is 1.77. The lowest BCUT2D eigenvalue weighted by atomic mass is 9.77. The van der Waals surface area contributed by atoms with Crippen LogP contribution in [0.25, 0.3) is 15.8 Å². The van der Waals surface area contributed by atoms with E-state index in [4.69, 9.17) is 11.5 Å². The van der Waals surface area contributed by atoms with Crippen molar-refractivity contribution in [3.8, 4) is 0 Å². The largest absolute Gasteiger partial charge is 0.398 e. The van der Waals surface area contributed by atoms with Crippen LogP contribution in [-0.2, 0) is 5.54 Å². The Labute approximate surface area is 111 Å². The van der Waals surface area contributed by atoms with Crippen LogP contribution in [0.3, 0.4) is 0 Å². The van der Waals surface area contributed by atoms with Crippen LogP contribution in [0, 0.1) is 0 Å². The van der Waals surface area contributed by atoms with Crippen LogP contribution in [0.4, 0.5) is 0 Å². The molecule has 0 amide bonds. The Hall–Kier alpha value is -1.32. The van der Waals surface area contributed by atoms with E-state index in [2.05, 4.69) is 38.1 Å². The van der Waals surface area contributed by atoms with E-state index in [0.29, 0.717) is 0 Å². The molecule has 1 aliphatic rings. The standard InChI is InChI=1S/C15H18N2S/c1-3-15(17)8-9(2)13(16)14-12(15)10-6-4-5-7-11(10)18-14/h4-7H,3,8,16-17H2,1-2H3. The fourth-order valence-corrected chi connectivity index (χ4v) is 4.23. The predicted molar refractivity (Wildman–Crippen MR) is 79.4 cm³/mol. The van der Waals surface area contributed by atoms with Gasteiger partial charge in [-0.25, -0.2) is 0 Å². The quantitative estimate of drug-likeness (QED) is 0.821. The summed E-state index contributed by atoms with van der Waals surface area (Å²) < 4.78 is 1.28. The normalized spacial score (nSPS) is 23.5. The predicted octanol–water partition coefficient (Wildman–Crippen LogP) is 3.56. The summed E-state index contributed by atoms with van der Waals surface area (Å²) in [5.41, 5.74) is 16.1. The summed E-state index contributed by atoms with van der Waals surface area (Å²) in [5.74, 6) is 0. The Balaban J connectivity index is 2.41.